The zero-order chi connectivity index (χ0) is 21.8. The van der Waals surface area contributed by atoms with Crippen LogP contribution in [-0.2, 0) is 6.54 Å². The van der Waals surface area contributed by atoms with E-state index in [1.807, 2.05) is 0 Å². The van der Waals surface area contributed by atoms with Crippen LogP contribution < -0.4 is 5.32 Å². The van der Waals surface area contributed by atoms with Crippen molar-refractivity contribution in [2.24, 2.45) is 0 Å². The minimum Gasteiger partial charge on any atom is -0.507 e. The third-order valence-electron chi connectivity index (χ3n) is 5.69. The number of benzene rings is 2. The molecule has 2 aliphatic carbocycles. The Hall–Kier alpha value is -3.23. The molecular weight excluding hydrogens is 393 g/mol. The molecule has 0 aliphatic heterocycles. The van der Waals surface area contributed by atoms with Crippen molar-refractivity contribution in [2.75, 3.05) is 5.32 Å². The van der Waals surface area contributed by atoms with Crippen LogP contribution >= 0.6 is 0 Å². The van der Waals surface area contributed by atoms with Gasteiger partial charge in [0, 0.05) is 36.6 Å². The van der Waals surface area contributed by atoms with Gasteiger partial charge in [-0.1, -0.05) is 12.1 Å². The van der Waals surface area contributed by atoms with Gasteiger partial charge in [-0.05, 0) is 24.6 Å². The Labute approximate surface area is 171 Å². The number of halogens is 1. The summed E-state index contributed by atoms with van der Waals surface area (Å²) >= 11 is 0. The van der Waals surface area contributed by atoms with Crippen LogP contribution in [0.5, 0.6) is 11.5 Å². The SMILES string of the molecule is C[C@]1(O)CC2=C(C[C@H]1O)C(=O)c1c(O)cc(NCc3ccc(F)cc3)c(O)c1C2=O. The van der Waals surface area contributed by atoms with Gasteiger partial charge in [0.2, 0.25) is 0 Å². The van der Waals surface area contributed by atoms with E-state index in [1.165, 1.54) is 19.1 Å². The molecule has 0 saturated carbocycles. The highest BCUT2D eigenvalue weighted by Crippen LogP contribution is 2.46. The molecule has 2 aromatic rings. The Morgan fingerprint density at radius 3 is 2.40 bits per heavy atom. The number of Topliss-reactive ketones (excluding diaryl/α,β-unsaturated/α-hetero) is 2. The minimum absolute atomic E-state index is 0.0215. The number of phenols is 2. The maximum Gasteiger partial charge on any atom is 0.194 e. The van der Waals surface area contributed by atoms with Gasteiger partial charge in [0.1, 0.15) is 11.6 Å². The second kappa shape index (κ2) is 6.93. The fourth-order valence-corrected chi connectivity index (χ4v) is 3.91. The highest BCUT2D eigenvalue weighted by molar-refractivity contribution is 6.29. The summed E-state index contributed by atoms with van der Waals surface area (Å²) in [5, 5.41) is 44.4. The van der Waals surface area contributed by atoms with E-state index in [9.17, 15) is 34.4 Å². The van der Waals surface area contributed by atoms with E-state index in [2.05, 4.69) is 5.32 Å². The monoisotopic (exact) mass is 413 g/mol. The summed E-state index contributed by atoms with van der Waals surface area (Å²) < 4.78 is 13.0. The molecule has 0 radical (unpaired) electrons. The van der Waals surface area contributed by atoms with Crippen LogP contribution in [0.4, 0.5) is 10.1 Å². The molecule has 156 valence electrons. The summed E-state index contributed by atoms with van der Waals surface area (Å²) in [7, 11) is 0. The van der Waals surface area contributed by atoms with E-state index >= 15 is 0 Å². The lowest BCUT2D eigenvalue weighted by Gasteiger charge is -2.37. The lowest BCUT2D eigenvalue weighted by molar-refractivity contribution is -0.0651. The Bertz CT molecular complexity index is 1100. The number of carbonyl (C=O) groups excluding carboxylic acids is 2. The number of aliphatic hydroxyl groups excluding tert-OH is 1. The normalized spacial score (nSPS) is 23.3. The molecule has 5 N–H and O–H groups in total. The van der Waals surface area contributed by atoms with E-state index in [-0.39, 0.29) is 47.3 Å². The number of nitrogens with one attached hydrogen (secondary N) is 1. The molecule has 2 aliphatic rings. The van der Waals surface area contributed by atoms with E-state index in [1.54, 1.807) is 12.1 Å². The van der Waals surface area contributed by atoms with Crippen molar-refractivity contribution >= 4 is 17.3 Å². The molecule has 7 nitrogen and oxygen atoms in total. The maximum absolute atomic E-state index is 13.1. The molecule has 8 heteroatoms. The van der Waals surface area contributed by atoms with Gasteiger partial charge < -0.3 is 25.7 Å². The predicted octanol–water partition coefficient (Wildman–Crippen LogP) is 2.43. The highest BCUT2D eigenvalue weighted by atomic mass is 19.1. The number of aromatic hydroxyl groups is 2. The molecule has 0 spiro atoms. The first kappa shape index (κ1) is 20.1. The second-order valence-corrected chi connectivity index (χ2v) is 7.89. The molecular formula is C22H20FNO6. The van der Waals surface area contributed by atoms with E-state index in [0.29, 0.717) is 5.56 Å². The molecule has 0 fully saturated rings. The largest absolute Gasteiger partial charge is 0.507 e. The Balaban J connectivity index is 1.73. The van der Waals surface area contributed by atoms with Crippen molar-refractivity contribution in [2.45, 2.75) is 38.0 Å². The number of rotatable bonds is 3. The number of carbonyl (C=O) groups is 2. The summed E-state index contributed by atoms with van der Waals surface area (Å²) in [4.78, 5) is 26.0. The van der Waals surface area contributed by atoms with Gasteiger partial charge >= 0.3 is 0 Å². The zero-order valence-electron chi connectivity index (χ0n) is 16.1. The number of fused-ring (bicyclic) bond motifs is 1. The van der Waals surface area contributed by atoms with Crippen molar-refractivity contribution in [3.63, 3.8) is 0 Å². The summed E-state index contributed by atoms with van der Waals surface area (Å²) in [6.45, 7) is 1.54. The van der Waals surface area contributed by atoms with E-state index in [4.69, 9.17) is 0 Å². The summed E-state index contributed by atoms with van der Waals surface area (Å²) in [5.41, 5.74) is -1.48. The van der Waals surface area contributed by atoms with Crippen LogP contribution in [-0.4, -0.2) is 43.7 Å². The molecule has 0 heterocycles. The maximum atomic E-state index is 13.1. The van der Waals surface area contributed by atoms with Crippen molar-refractivity contribution < 1.29 is 34.4 Å². The molecule has 4 rings (SSSR count). The molecule has 0 amide bonds. The number of ketones is 2. The van der Waals surface area contributed by atoms with Crippen LogP contribution in [0.15, 0.2) is 41.5 Å². The van der Waals surface area contributed by atoms with Gasteiger partial charge in [-0.3, -0.25) is 9.59 Å². The molecule has 0 aromatic heterocycles. The van der Waals surface area contributed by atoms with Gasteiger partial charge in [-0.15, -0.1) is 0 Å². The predicted molar refractivity (Wildman–Crippen MR) is 105 cm³/mol. The smallest absolute Gasteiger partial charge is 0.194 e. The van der Waals surface area contributed by atoms with Crippen LogP contribution in [0, 0.1) is 5.82 Å². The number of phenolic OH excluding ortho intramolecular Hbond substituents is 2. The van der Waals surface area contributed by atoms with Crippen molar-refractivity contribution in [1.29, 1.82) is 0 Å². The van der Waals surface area contributed by atoms with Gasteiger partial charge in [0.25, 0.3) is 0 Å². The fraction of sp³-hybridized carbons (Fsp3) is 0.273. The summed E-state index contributed by atoms with van der Waals surface area (Å²) in [5.74, 6) is -2.71. The lowest BCUT2D eigenvalue weighted by atomic mass is 9.71. The van der Waals surface area contributed by atoms with Crippen LogP contribution in [0.1, 0.15) is 46.0 Å². The van der Waals surface area contributed by atoms with Crippen molar-refractivity contribution in [3.8, 4) is 11.5 Å². The molecule has 2 atom stereocenters. The Kier molecular flexibility index (Phi) is 4.63. The van der Waals surface area contributed by atoms with Crippen molar-refractivity contribution in [1.82, 2.24) is 0 Å². The third kappa shape index (κ3) is 3.14. The molecule has 2 aromatic carbocycles. The van der Waals surface area contributed by atoms with Crippen LogP contribution in [0.2, 0.25) is 0 Å². The van der Waals surface area contributed by atoms with Crippen molar-refractivity contribution in [3.05, 3.63) is 64.0 Å². The highest BCUT2D eigenvalue weighted by Gasteiger charge is 2.46. The topological polar surface area (TPSA) is 127 Å². The first-order chi connectivity index (χ1) is 14.1. The second-order valence-electron chi connectivity index (χ2n) is 7.89. The average molecular weight is 413 g/mol. The number of anilines is 1. The number of aliphatic hydroxyl groups is 2. The van der Waals surface area contributed by atoms with Crippen LogP contribution in [0.3, 0.4) is 0 Å². The average Bonchev–Trinajstić information content (AvgIpc) is 2.69. The number of hydrogen-bond donors (Lipinski definition) is 5. The van der Waals surface area contributed by atoms with Gasteiger partial charge in [0.05, 0.1) is 28.5 Å². The molecule has 0 saturated heterocycles. The molecule has 30 heavy (non-hydrogen) atoms. The molecule has 0 bridgehead atoms. The first-order valence-electron chi connectivity index (χ1n) is 9.39. The fourth-order valence-electron chi connectivity index (χ4n) is 3.91. The van der Waals surface area contributed by atoms with Crippen LogP contribution in [0.25, 0.3) is 0 Å². The van der Waals surface area contributed by atoms with Gasteiger partial charge in [-0.25, -0.2) is 4.39 Å². The lowest BCUT2D eigenvalue weighted by Crippen LogP contribution is -2.46. The Morgan fingerprint density at radius 2 is 1.73 bits per heavy atom. The summed E-state index contributed by atoms with van der Waals surface area (Å²) in [6, 6.07) is 6.78. The first-order valence-corrected chi connectivity index (χ1v) is 9.39. The zero-order valence-corrected chi connectivity index (χ0v) is 16.1. The van der Waals surface area contributed by atoms with E-state index < -0.39 is 40.6 Å². The third-order valence-corrected chi connectivity index (χ3v) is 5.69. The minimum atomic E-state index is -1.59. The standard InChI is InChI=1S/C22H20FNO6/c1-22(30)8-13-12(6-16(22)26)19(27)17-15(25)7-14(21(29)18(17)20(13)28)24-9-10-2-4-11(23)5-3-10/h2-5,7,16,24-26,29-30H,6,8-9H2,1H3/t16-,22+/m1/s1. The number of hydrogen-bond acceptors (Lipinski definition) is 7. The summed E-state index contributed by atoms with van der Waals surface area (Å²) in [6.07, 6.45) is -1.71. The Morgan fingerprint density at radius 1 is 1.10 bits per heavy atom. The quantitative estimate of drug-likeness (QED) is 0.386. The molecule has 0 unspecified atom stereocenters. The van der Waals surface area contributed by atoms with Gasteiger partial charge in [0.15, 0.2) is 17.3 Å². The van der Waals surface area contributed by atoms with Gasteiger partial charge in [-0.2, -0.15) is 0 Å². The van der Waals surface area contributed by atoms with E-state index in [0.717, 1.165) is 6.07 Å².